The van der Waals surface area contributed by atoms with Gasteiger partial charge in [-0.1, -0.05) is 35.5 Å². The van der Waals surface area contributed by atoms with E-state index in [1.165, 1.54) is 0 Å². The molecule has 29 heavy (non-hydrogen) atoms. The molecule has 8 nitrogen and oxygen atoms in total. The summed E-state index contributed by atoms with van der Waals surface area (Å²) in [6.45, 7) is 4.20. The van der Waals surface area contributed by atoms with Crippen LogP contribution in [-0.4, -0.2) is 40.7 Å². The molecule has 1 aliphatic rings. The summed E-state index contributed by atoms with van der Waals surface area (Å²) in [4.78, 5) is 23.2. The van der Waals surface area contributed by atoms with Gasteiger partial charge in [0, 0.05) is 43.0 Å². The Kier molecular flexibility index (Phi) is 5.41. The summed E-state index contributed by atoms with van der Waals surface area (Å²) in [5.74, 6) is 1.42. The first-order chi connectivity index (χ1) is 14.1. The highest BCUT2D eigenvalue weighted by Gasteiger charge is 2.23. The lowest BCUT2D eigenvalue weighted by atomic mass is 9.98. The lowest BCUT2D eigenvalue weighted by Gasteiger charge is -2.33. The third-order valence-electron chi connectivity index (χ3n) is 5.06. The number of benzene rings is 1. The predicted octanol–water partition coefficient (Wildman–Crippen LogP) is 2.67. The Balaban J connectivity index is 1.35. The third-order valence-corrected chi connectivity index (χ3v) is 5.06. The molecule has 3 heterocycles. The number of anilines is 2. The number of hydrogen-bond donors (Lipinski definition) is 2. The Hall–Kier alpha value is -3.42. The molecule has 1 atom stereocenters. The zero-order chi connectivity index (χ0) is 20.2. The van der Waals surface area contributed by atoms with Crippen molar-refractivity contribution in [3.63, 3.8) is 0 Å². The topological polar surface area (TPSA) is 110 Å². The number of aryl methyl sites for hydroxylation is 1. The zero-order valence-electron chi connectivity index (χ0n) is 16.3. The van der Waals surface area contributed by atoms with Crippen LogP contribution < -0.4 is 16.0 Å². The average Bonchev–Trinajstić information content (AvgIpc) is 3.23. The van der Waals surface area contributed by atoms with Gasteiger partial charge in [-0.3, -0.25) is 4.79 Å². The second-order valence-corrected chi connectivity index (χ2v) is 7.33. The van der Waals surface area contributed by atoms with Crippen molar-refractivity contribution >= 4 is 17.7 Å². The quantitative estimate of drug-likeness (QED) is 0.687. The summed E-state index contributed by atoms with van der Waals surface area (Å²) in [7, 11) is 0. The van der Waals surface area contributed by atoms with E-state index >= 15 is 0 Å². The maximum Gasteiger partial charge on any atom is 0.289 e. The van der Waals surface area contributed by atoms with Gasteiger partial charge in [0.25, 0.3) is 5.91 Å². The minimum Gasteiger partial charge on any atom is -0.368 e. The molecular formula is C21H24N6O2. The van der Waals surface area contributed by atoms with Crippen molar-refractivity contribution in [2.45, 2.75) is 19.8 Å². The van der Waals surface area contributed by atoms with Crippen molar-refractivity contribution in [3.8, 4) is 11.3 Å². The molecule has 3 N–H and O–H groups in total. The molecule has 1 aromatic carbocycles. The first-order valence-electron chi connectivity index (χ1n) is 9.75. The molecule has 4 rings (SSSR count). The van der Waals surface area contributed by atoms with E-state index in [0.29, 0.717) is 18.2 Å². The fourth-order valence-corrected chi connectivity index (χ4v) is 3.63. The highest BCUT2D eigenvalue weighted by molar-refractivity contribution is 5.92. The van der Waals surface area contributed by atoms with Gasteiger partial charge < -0.3 is 20.5 Å². The largest absolute Gasteiger partial charge is 0.368 e. The summed E-state index contributed by atoms with van der Waals surface area (Å²) in [5.41, 5.74) is 8.20. The monoisotopic (exact) mass is 392 g/mol. The number of aromatic nitrogens is 3. The van der Waals surface area contributed by atoms with Crippen molar-refractivity contribution in [1.29, 1.82) is 0 Å². The third kappa shape index (κ3) is 4.53. The van der Waals surface area contributed by atoms with Crippen LogP contribution in [-0.2, 0) is 0 Å². The fraction of sp³-hybridized carbons (Fsp3) is 0.333. The van der Waals surface area contributed by atoms with Gasteiger partial charge in [0.05, 0.1) is 0 Å². The lowest BCUT2D eigenvalue weighted by Crippen LogP contribution is -2.41. The molecule has 1 fully saturated rings. The van der Waals surface area contributed by atoms with Crippen molar-refractivity contribution in [2.75, 3.05) is 30.3 Å². The van der Waals surface area contributed by atoms with Crippen LogP contribution in [0.5, 0.6) is 0 Å². The van der Waals surface area contributed by atoms with Crippen LogP contribution in [0.4, 0.5) is 11.8 Å². The zero-order valence-corrected chi connectivity index (χ0v) is 16.3. The van der Waals surface area contributed by atoms with E-state index in [-0.39, 0.29) is 17.6 Å². The molecule has 1 amide bonds. The molecule has 150 valence electrons. The minimum atomic E-state index is -0.251. The van der Waals surface area contributed by atoms with Crippen LogP contribution in [0.2, 0.25) is 0 Å². The van der Waals surface area contributed by atoms with Gasteiger partial charge in [-0.05, 0) is 25.7 Å². The van der Waals surface area contributed by atoms with Gasteiger partial charge in [-0.25, -0.2) is 4.98 Å². The second kappa shape index (κ2) is 8.30. The minimum absolute atomic E-state index is 0.218. The first-order valence-corrected chi connectivity index (χ1v) is 9.75. The SMILES string of the molecule is Cc1cc(N2CCCC(CNC(=O)c3cc(-c4ccccc4)no3)C2)nc(N)n1. The summed E-state index contributed by atoms with van der Waals surface area (Å²) < 4.78 is 5.23. The van der Waals surface area contributed by atoms with Gasteiger partial charge in [-0.15, -0.1) is 0 Å². The number of nitrogens with two attached hydrogens (primary N) is 1. The van der Waals surface area contributed by atoms with Crippen LogP contribution >= 0.6 is 0 Å². The van der Waals surface area contributed by atoms with E-state index in [1.54, 1.807) is 6.07 Å². The number of nitrogens with zero attached hydrogens (tertiary/aromatic N) is 4. The second-order valence-electron chi connectivity index (χ2n) is 7.33. The molecule has 0 bridgehead atoms. The van der Waals surface area contributed by atoms with Crippen LogP contribution in [0.1, 0.15) is 29.1 Å². The molecular weight excluding hydrogens is 368 g/mol. The van der Waals surface area contributed by atoms with Gasteiger partial charge in [0.15, 0.2) is 0 Å². The van der Waals surface area contributed by atoms with E-state index in [0.717, 1.165) is 43.0 Å². The maximum absolute atomic E-state index is 12.5. The molecule has 8 heteroatoms. The molecule has 1 saturated heterocycles. The number of hydrogen-bond acceptors (Lipinski definition) is 7. The van der Waals surface area contributed by atoms with E-state index < -0.39 is 0 Å². The van der Waals surface area contributed by atoms with Gasteiger partial charge >= 0.3 is 0 Å². The average molecular weight is 392 g/mol. The molecule has 0 aliphatic carbocycles. The van der Waals surface area contributed by atoms with Crippen molar-refractivity contribution in [3.05, 3.63) is 53.9 Å². The number of nitrogens with one attached hydrogen (secondary N) is 1. The van der Waals surface area contributed by atoms with Crippen molar-refractivity contribution in [2.24, 2.45) is 5.92 Å². The van der Waals surface area contributed by atoms with E-state index in [1.807, 2.05) is 43.3 Å². The number of piperidine rings is 1. The summed E-state index contributed by atoms with van der Waals surface area (Å²) in [6.07, 6.45) is 2.08. The Morgan fingerprint density at radius 3 is 2.90 bits per heavy atom. The molecule has 0 radical (unpaired) electrons. The number of carbonyl (C=O) groups excluding carboxylic acids is 1. The Morgan fingerprint density at radius 1 is 1.28 bits per heavy atom. The molecule has 1 aliphatic heterocycles. The molecule has 3 aromatic rings. The van der Waals surface area contributed by atoms with Gasteiger partial charge in [0.2, 0.25) is 11.7 Å². The summed E-state index contributed by atoms with van der Waals surface area (Å²) in [5, 5.41) is 6.97. The molecule has 0 saturated carbocycles. The van der Waals surface area contributed by atoms with Crippen molar-refractivity contribution in [1.82, 2.24) is 20.4 Å². The van der Waals surface area contributed by atoms with Crippen LogP contribution in [0.15, 0.2) is 47.0 Å². The number of nitrogen functional groups attached to an aromatic ring is 1. The summed E-state index contributed by atoms with van der Waals surface area (Å²) >= 11 is 0. The van der Waals surface area contributed by atoms with Gasteiger partial charge in [0.1, 0.15) is 11.5 Å². The highest BCUT2D eigenvalue weighted by Crippen LogP contribution is 2.23. The van der Waals surface area contributed by atoms with E-state index in [2.05, 4.69) is 25.3 Å². The normalized spacial score (nSPS) is 16.6. The lowest BCUT2D eigenvalue weighted by molar-refractivity contribution is 0.0908. The molecule has 0 spiro atoms. The van der Waals surface area contributed by atoms with Crippen LogP contribution in [0, 0.1) is 12.8 Å². The Labute approximate surface area is 169 Å². The van der Waals surface area contributed by atoms with Gasteiger partial charge in [-0.2, -0.15) is 4.98 Å². The number of amides is 1. The Morgan fingerprint density at radius 2 is 2.10 bits per heavy atom. The van der Waals surface area contributed by atoms with E-state index in [9.17, 15) is 4.79 Å². The van der Waals surface area contributed by atoms with E-state index in [4.69, 9.17) is 10.3 Å². The molecule has 1 unspecified atom stereocenters. The van der Waals surface area contributed by atoms with Crippen LogP contribution in [0.25, 0.3) is 11.3 Å². The van der Waals surface area contributed by atoms with Crippen molar-refractivity contribution < 1.29 is 9.32 Å². The summed E-state index contributed by atoms with van der Waals surface area (Å²) in [6, 6.07) is 13.2. The smallest absolute Gasteiger partial charge is 0.289 e. The van der Waals surface area contributed by atoms with Crippen LogP contribution in [0.3, 0.4) is 0 Å². The number of rotatable bonds is 5. The standard InChI is InChI=1S/C21H24N6O2/c1-14-10-19(25-21(22)24-14)27-9-5-6-15(13-27)12-23-20(28)18-11-17(26-29-18)16-7-3-2-4-8-16/h2-4,7-8,10-11,15H,5-6,9,12-13H2,1H3,(H,23,28)(H2,22,24,25). The first kappa shape index (κ1) is 18.9. The molecule has 2 aromatic heterocycles. The highest BCUT2D eigenvalue weighted by atomic mass is 16.5. The number of carbonyl (C=O) groups is 1. The Bertz CT molecular complexity index is 968. The maximum atomic E-state index is 12.5. The fourth-order valence-electron chi connectivity index (χ4n) is 3.63. The predicted molar refractivity (Wildman–Crippen MR) is 110 cm³/mol.